The summed E-state index contributed by atoms with van der Waals surface area (Å²) >= 11 is 0. The van der Waals surface area contributed by atoms with Gasteiger partial charge in [-0.25, -0.2) is 8.42 Å². The van der Waals surface area contributed by atoms with E-state index in [1.54, 1.807) is 28.9 Å². The van der Waals surface area contributed by atoms with Crippen LogP contribution < -0.4 is 4.31 Å². The van der Waals surface area contributed by atoms with Crippen molar-refractivity contribution in [3.8, 4) is 0 Å². The van der Waals surface area contributed by atoms with Crippen LogP contribution in [0.25, 0.3) is 0 Å². The second-order valence-corrected chi connectivity index (χ2v) is 8.41. The molecule has 1 saturated heterocycles. The van der Waals surface area contributed by atoms with Gasteiger partial charge in [-0.15, -0.1) is 0 Å². The number of carbonyl (C=O) groups excluding carboxylic acids is 2. The molecule has 7 nitrogen and oxygen atoms in total. The van der Waals surface area contributed by atoms with Crippen molar-refractivity contribution < 1.29 is 18.0 Å². The fourth-order valence-corrected chi connectivity index (χ4v) is 4.35. The number of aryl methyl sites for hydroxylation is 2. The maximum atomic E-state index is 12.8. The van der Waals surface area contributed by atoms with Crippen LogP contribution in [0.15, 0.2) is 18.2 Å². The minimum atomic E-state index is -3.63. The number of hydrogen-bond donors (Lipinski definition) is 0. The first-order valence-electron chi connectivity index (χ1n) is 8.19. The van der Waals surface area contributed by atoms with Gasteiger partial charge in [-0.3, -0.25) is 13.9 Å². The average Bonchev–Trinajstić information content (AvgIpc) is 2.52. The van der Waals surface area contributed by atoms with Crippen LogP contribution in [-0.4, -0.2) is 69.0 Å². The molecule has 25 heavy (non-hydrogen) atoms. The summed E-state index contributed by atoms with van der Waals surface area (Å²) in [5.41, 5.74) is 2.36. The lowest BCUT2D eigenvalue weighted by Crippen LogP contribution is -2.55. The predicted molar refractivity (Wildman–Crippen MR) is 96.9 cm³/mol. The Hall–Kier alpha value is -2.09. The van der Waals surface area contributed by atoms with Gasteiger partial charge in [-0.05, 0) is 44.0 Å². The zero-order chi connectivity index (χ0) is 18.8. The maximum absolute atomic E-state index is 12.8. The van der Waals surface area contributed by atoms with Crippen LogP contribution in [0, 0.1) is 13.8 Å². The summed E-state index contributed by atoms with van der Waals surface area (Å²) in [7, 11) is -3.63. The molecule has 1 aliphatic rings. The molecule has 2 rings (SSSR count). The number of piperazine rings is 1. The largest absolute Gasteiger partial charge is 0.342 e. The second-order valence-electron chi connectivity index (χ2n) is 6.55. The first-order chi connectivity index (χ1) is 11.6. The SMILES string of the molecule is Cc1cc(C)cc(N(C(C)C(=O)N2CCN(C=O)CC2)S(C)(=O)=O)c1. The van der Waals surface area contributed by atoms with E-state index in [4.69, 9.17) is 0 Å². The molecule has 1 atom stereocenters. The van der Waals surface area contributed by atoms with Crippen molar-refractivity contribution in [2.75, 3.05) is 36.7 Å². The van der Waals surface area contributed by atoms with Gasteiger partial charge in [-0.1, -0.05) is 6.07 Å². The minimum absolute atomic E-state index is 0.255. The van der Waals surface area contributed by atoms with Crippen LogP contribution in [-0.2, 0) is 19.6 Å². The molecule has 0 aliphatic carbocycles. The molecule has 0 saturated carbocycles. The number of carbonyl (C=O) groups is 2. The van der Waals surface area contributed by atoms with E-state index >= 15 is 0 Å². The van der Waals surface area contributed by atoms with Crippen LogP contribution in [0.3, 0.4) is 0 Å². The van der Waals surface area contributed by atoms with Crippen molar-refractivity contribution in [2.45, 2.75) is 26.8 Å². The molecular formula is C17H25N3O4S. The molecule has 1 fully saturated rings. The molecule has 1 unspecified atom stereocenters. The van der Waals surface area contributed by atoms with Crippen molar-refractivity contribution in [3.63, 3.8) is 0 Å². The Morgan fingerprint density at radius 1 is 1.12 bits per heavy atom. The second kappa shape index (κ2) is 7.43. The van der Waals surface area contributed by atoms with E-state index in [-0.39, 0.29) is 5.91 Å². The van der Waals surface area contributed by atoms with Crippen molar-refractivity contribution in [1.29, 1.82) is 0 Å². The molecule has 0 spiro atoms. The third-order valence-corrected chi connectivity index (χ3v) is 5.54. The lowest BCUT2D eigenvalue weighted by molar-refractivity contribution is -0.135. The number of nitrogens with zero attached hydrogens (tertiary/aromatic N) is 3. The van der Waals surface area contributed by atoms with E-state index in [9.17, 15) is 18.0 Å². The van der Waals surface area contributed by atoms with E-state index in [2.05, 4.69) is 0 Å². The highest BCUT2D eigenvalue weighted by Crippen LogP contribution is 2.24. The average molecular weight is 367 g/mol. The lowest BCUT2D eigenvalue weighted by Gasteiger charge is -2.37. The zero-order valence-corrected chi connectivity index (χ0v) is 15.9. The third kappa shape index (κ3) is 4.50. The Morgan fingerprint density at radius 2 is 1.64 bits per heavy atom. The Bertz CT molecular complexity index is 735. The van der Waals surface area contributed by atoms with Crippen LogP contribution >= 0.6 is 0 Å². The van der Waals surface area contributed by atoms with Crippen LogP contribution in [0.1, 0.15) is 18.1 Å². The summed E-state index contributed by atoms with van der Waals surface area (Å²) in [6, 6.07) is 4.64. The van der Waals surface area contributed by atoms with Gasteiger partial charge in [0, 0.05) is 26.2 Å². The van der Waals surface area contributed by atoms with E-state index in [0.717, 1.165) is 23.8 Å². The normalized spacial score (nSPS) is 16.5. The third-order valence-electron chi connectivity index (χ3n) is 4.30. The highest BCUT2D eigenvalue weighted by atomic mass is 32.2. The molecule has 1 aliphatic heterocycles. The van der Waals surface area contributed by atoms with Gasteiger partial charge in [0.05, 0.1) is 11.9 Å². The molecule has 1 aromatic rings. The van der Waals surface area contributed by atoms with Crippen molar-refractivity contribution in [1.82, 2.24) is 9.80 Å². The Balaban J connectivity index is 2.29. The summed E-state index contributed by atoms with van der Waals surface area (Å²) in [5.74, 6) is -0.255. The van der Waals surface area contributed by atoms with Gasteiger partial charge >= 0.3 is 0 Å². The molecule has 0 radical (unpaired) electrons. The number of rotatable bonds is 5. The monoisotopic (exact) mass is 367 g/mol. The van der Waals surface area contributed by atoms with Gasteiger partial charge in [0.25, 0.3) is 0 Å². The summed E-state index contributed by atoms with van der Waals surface area (Å²) in [4.78, 5) is 26.9. The number of benzene rings is 1. The quantitative estimate of drug-likeness (QED) is 0.720. The molecule has 8 heteroatoms. The number of amides is 2. The summed E-state index contributed by atoms with van der Waals surface area (Å²) < 4.78 is 25.9. The molecule has 138 valence electrons. The molecule has 0 bridgehead atoms. The van der Waals surface area contributed by atoms with Crippen molar-refractivity contribution in [2.24, 2.45) is 0 Å². The standard InChI is InChI=1S/C17H25N3O4S/c1-13-9-14(2)11-16(10-13)20(25(4,23)24)15(3)17(22)19-7-5-18(12-21)6-8-19/h9-12,15H,5-8H2,1-4H3. The van der Waals surface area contributed by atoms with Gasteiger partial charge in [0.1, 0.15) is 6.04 Å². The number of hydrogen-bond acceptors (Lipinski definition) is 4. The topological polar surface area (TPSA) is 78.0 Å². The lowest BCUT2D eigenvalue weighted by atomic mass is 10.1. The van der Waals surface area contributed by atoms with E-state index in [1.807, 2.05) is 19.9 Å². The molecule has 0 aromatic heterocycles. The zero-order valence-electron chi connectivity index (χ0n) is 15.1. The summed E-state index contributed by atoms with van der Waals surface area (Å²) in [6.07, 6.45) is 1.88. The first kappa shape index (κ1) is 19.2. The summed E-state index contributed by atoms with van der Waals surface area (Å²) in [6.45, 7) is 7.13. The van der Waals surface area contributed by atoms with Crippen molar-refractivity contribution in [3.05, 3.63) is 29.3 Å². The number of anilines is 1. The molecule has 2 amide bonds. The number of sulfonamides is 1. The summed E-state index contributed by atoms with van der Waals surface area (Å²) in [5, 5.41) is 0. The highest BCUT2D eigenvalue weighted by molar-refractivity contribution is 7.92. The van der Waals surface area contributed by atoms with E-state index in [0.29, 0.717) is 31.9 Å². The van der Waals surface area contributed by atoms with Crippen LogP contribution in [0.5, 0.6) is 0 Å². The highest BCUT2D eigenvalue weighted by Gasteiger charge is 2.33. The Morgan fingerprint density at radius 3 is 2.08 bits per heavy atom. The fourth-order valence-electron chi connectivity index (χ4n) is 3.19. The molecular weight excluding hydrogens is 342 g/mol. The smallest absolute Gasteiger partial charge is 0.246 e. The van der Waals surface area contributed by atoms with Gasteiger partial charge in [-0.2, -0.15) is 0 Å². The van der Waals surface area contributed by atoms with Crippen LogP contribution in [0.2, 0.25) is 0 Å². The maximum Gasteiger partial charge on any atom is 0.246 e. The van der Waals surface area contributed by atoms with Crippen LogP contribution in [0.4, 0.5) is 5.69 Å². The van der Waals surface area contributed by atoms with Gasteiger partial charge < -0.3 is 9.80 Å². The van der Waals surface area contributed by atoms with Gasteiger partial charge in [0.2, 0.25) is 22.3 Å². The molecule has 0 N–H and O–H groups in total. The van der Waals surface area contributed by atoms with Gasteiger partial charge in [0.15, 0.2) is 0 Å². The Kier molecular flexibility index (Phi) is 5.72. The van der Waals surface area contributed by atoms with E-state index < -0.39 is 16.1 Å². The molecule has 1 aromatic carbocycles. The Labute approximate surface area is 149 Å². The first-order valence-corrected chi connectivity index (χ1v) is 10.0. The minimum Gasteiger partial charge on any atom is -0.342 e. The predicted octanol–water partition coefficient (Wildman–Crippen LogP) is 0.759. The van der Waals surface area contributed by atoms with E-state index in [1.165, 1.54) is 4.31 Å². The fraction of sp³-hybridized carbons (Fsp3) is 0.529. The van der Waals surface area contributed by atoms with Crippen molar-refractivity contribution >= 4 is 28.0 Å². The molecule has 1 heterocycles.